The maximum atomic E-state index is 12.4. The van der Waals surface area contributed by atoms with E-state index in [1.54, 1.807) is 18.2 Å². The maximum Gasteiger partial charge on any atom is 0.261 e. The lowest BCUT2D eigenvalue weighted by Crippen LogP contribution is -2.23. The number of aromatic amines is 1. The molecule has 24 heavy (non-hydrogen) atoms. The van der Waals surface area contributed by atoms with E-state index in [1.807, 2.05) is 49.4 Å². The highest BCUT2D eigenvalue weighted by Gasteiger charge is 2.13. The summed E-state index contributed by atoms with van der Waals surface area (Å²) >= 11 is 3.41. The van der Waals surface area contributed by atoms with Crippen molar-refractivity contribution in [3.05, 3.63) is 86.6 Å². The van der Waals surface area contributed by atoms with Crippen molar-refractivity contribution >= 4 is 27.5 Å². The number of benzene rings is 2. The largest absolute Gasteiger partial charge is 0.321 e. The zero-order valence-corrected chi connectivity index (χ0v) is 14.6. The summed E-state index contributed by atoms with van der Waals surface area (Å²) in [7, 11) is 0. The highest BCUT2D eigenvalue weighted by molar-refractivity contribution is 9.10. The van der Waals surface area contributed by atoms with Crippen LogP contribution in [0.15, 0.2) is 69.9 Å². The minimum absolute atomic E-state index is 0.0714. The van der Waals surface area contributed by atoms with Crippen molar-refractivity contribution in [1.82, 2.24) is 4.98 Å². The first-order valence-electron chi connectivity index (χ1n) is 7.41. The Hall–Kier alpha value is -2.66. The van der Waals surface area contributed by atoms with Crippen LogP contribution in [-0.2, 0) is 0 Å². The summed E-state index contributed by atoms with van der Waals surface area (Å²) in [5.41, 5.74) is 2.91. The van der Waals surface area contributed by atoms with E-state index < -0.39 is 11.5 Å². The van der Waals surface area contributed by atoms with Crippen LogP contribution in [0, 0.1) is 6.92 Å². The number of nitrogens with one attached hydrogen (secondary N) is 2. The van der Waals surface area contributed by atoms with Gasteiger partial charge < -0.3 is 10.3 Å². The van der Waals surface area contributed by atoms with Gasteiger partial charge in [0.05, 0.1) is 5.69 Å². The van der Waals surface area contributed by atoms with Crippen LogP contribution >= 0.6 is 15.9 Å². The summed E-state index contributed by atoms with van der Waals surface area (Å²) < 4.78 is 0.771. The smallest absolute Gasteiger partial charge is 0.261 e. The number of carbonyl (C=O) groups is 1. The van der Waals surface area contributed by atoms with Gasteiger partial charge in [-0.05, 0) is 58.2 Å². The lowest BCUT2D eigenvalue weighted by Gasteiger charge is -2.08. The molecule has 2 aromatic carbocycles. The molecule has 2 N–H and O–H groups in total. The quantitative estimate of drug-likeness (QED) is 0.706. The highest BCUT2D eigenvalue weighted by atomic mass is 79.9. The summed E-state index contributed by atoms with van der Waals surface area (Å²) in [5.74, 6) is -0.444. The molecule has 1 amide bonds. The molecule has 0 spiro atoms. The third-order valence-electron chi connectivity index (χ3n) is 3.61. The first-order chi connectivity index (χ1) is 11.5. The summed E-state index contributed by atoms with van der Waals surface area (Å²) in [5, 5.41) is 2.75. The number of aryl methyl sites for hydroxylation is 1. The van der Waals surface area contributed by atoms with Crippen LogP contribution in [0.3, 0.4) is 0 Å². The van der Waals surface area contributed by atoms with Crippen molar-refractivity contribution in [3.63, 3.8) is 0 Å². The fourth-order valence-electron chi connectivity index (χ4n) is 2.35. The topological polar surface area (TPSA) is 62.0 Å². The van der Waals surface area contributed by atoms with E-state index in [2.05, 4.69) is 26.2 Å². The zero-order valence-electron chi connectivity index (χ0n) is 13.0. The molecule has 120 valence electrons. The summed E-state index contributed by atoms with van der Waals surface area (Å²) in [6, 6.07) is 18.3. The van der Waals surface area contributed by atoms with Gasteiger partial charge >= 0.3 is 0 Å². The number of amides is 1. The van der Waals surface area contributed by atoms with Crippen LogP contribution in [0.4, 0.5) is 5.69 Å². The number of aromatic nitrogens is 1. The summed E-state index contributed by atoms with van der Waals surface area (Å²) in [4.78, 5) is 27.4. The number of anilines is 1. The monoisotopic (exact) mass is 382 g/mol. The second kappa shape index (κ2) is 6.84. The van der Waals surface area contributed by atoms with Crippen LogP contribution in [-0.4, -0.2) is 10.9 Å². The number of rotatable bonds is 3. The predicted octanol–water partition coefficient (Wildman–Crippen LogP) is 4.37. The lowest BCUT2D eigenvalue weighted by atomic mass is 10.1. The molecule has 1 aromatic heterocycles. The lowest BCUT2D eigenvalue weighted by molar-refractivity contribution is 0.102. The van der Waals surface area contributed by atoms with Gasteiger partial charge in [0, 0.05) is 10.2 Å². The molecule has 0 unspecified atom stereocenters. The Morgan fingerprint density at radius 1 is 1.04 bits per heavy atom. The minimum Gasteiger partial charge on any atom is -0.321 e. The summed E-state index contributed by atoms with van der Waals surface area (Å²) in [6.07, 6.45) is 0. The molecule has 4 nitrogen and oxygen atoms in total. The standard InChI is InChI=1S/C19H15BrN2O2/c1-12-7-9-17(15(20)11-12)22-19(24)14-8-10-16(21-18(14)23)13-5-3-2-4-6-13/h2-11H,1H3,(H,21,23)(H,22,24). The average Bonchev–Trinajstić information content (AvgIpc) is 2.58. The number of pyridine rings is 1. The third kappa shape index (κ3) is 3.46. The van der Waals surface area contributed by atoms with Crippen molar-refractivity contribution in [2.75, 3.05) is 5.32 Å². The first kappa shape index (κ1) is 16.2. The Bertz CT molecular complexity index is 949. The summed E-state index contributed by atoms with van der Waals surface area (Å²) in [6.45, 7) is 1.96. The molecular formula is C19H15BrN2O2. The second-order valence-electron chi connectivity index (χ2n) is 5.42. The van der Waals surface area contributed by atoms with Gasteiger partial charge in [0.15, 0.2) is 0 Å². The van der Waals surface area contributed by atoms with Gasteiger partial charge in [-0.1, -0.05) is 36.4 Å². The van der Waals surface area contributed by atoms with Crippen LogP contribution in [0.25, 0.3) is 11.3 Å². The molecule has 0 aliphatic rings. The minimum atomic E-state index is -0.444. The first-order valence-corrected chi connectivity index (χ1v) is 8.20. The van der Waals surface area contributed by atoms with Crippen molar-refractivity contribution in [1.29, 1.82) is 0 Å². The molecule has 0 fully saturated rings. The average molecular weight is 383 g/mol. The number of hydrogen-bond acceptors (Lipinski definition) is 2. The SMILES string of the molecule is Cc1ccc(NC(=O)c2ccc(-c3ccccc3)[nH]c2=O)c(Br)c1. The van der Waals surface area contributed by atoms with E-state index in [1.165, 1.54) is 0 Å². The molecule has 0 radical (unpaired) electrons. The predicted molar refractivity (Wildman–Crippen MR) is 99.3 cm³/mol. The fraction of sp³-hybridized carbons (Fsp3) is 0.0526. The van der Waals surface area contributed by atoms with Gasteiger partial charge in [-0.15, -0.1) is 0 Å². The molecule has 0 atom stereocenters. The van der Waals surface area contributed by atoms with Crippen molar-refractivity contribution in [3.8, 4) is 11.3 Å². The van der Waals surface area contributed by atoms with E-state index in [0.717, 1.165) is 15.6 Å². The van der Waals surface area contributed by atoms with E-state index in [-0.39, 0.29) is 5.56 Å². The number of carbonyl (C=O) groups excluding carboxylic acids is 1. The van der Waals surface area contributed by atoms with Crippen molar-refractivity contribution in [2.45, 2.75) is 6.92 Å². The van der Waals surface area contributed by atoms with Crippen molar-refractivity contribution < 1.29 is 4.79 Å². The molecule has 1 heterocycles. The molecular weight excluding hydrogens is 368 g/mol. The van der Waals surface area contributed by atoms with Gasteiger partial charge in [-0.2, -0.15) is 0 Å². The Morgan fingerprint density at radius 2 is 1.79 bits per heavy atom. The maximum absolute atomic E-state index is 12.4. The van der Waals surface area contributed by atoms with Gasteiger partial charge in [-0.3, -0.25) is 9.59 Å². The Balaban J connectivity index is 1.87. The number of halogens is 1. The van der Waals surface area contributed by atoms with E-state index in [4.69, 9.17) is 0 Å². The molecule has 5 heteroatoms. The normalized spacial score (nSPS) is 10.4. The second-order valence-corrected chi connectivity index (χ2v) is 6.27. The van der Waals surface area contributed by atoms with Gasteiger partial charge in [0.1, 0.15) is 5.56 Å². The zero-order chi connectivity index (χ0) is 17.1. The van der Waals surface area contributed by atoms with Gasteiger partial charge in [0.25, 0.3) is 11.5 Å². The van der Waals surface area contributed by atoms with Crippen LogP contribution < -0.4 is 10.9 Å². The number of hydrogen-bond donors (Lipinski definition) is 2. The Morgan fingerprint density at radius 3 is 2.46 bits per heavy atom. The Kier molecular flexibility index (Phi) is 4.62. The molecule has 0 saturated heterocycles. The van der Waals surface area contributed by atoms with Crippen LogP contribution in [0.5, 0.6) is 0 Å². The molecule has 0 saturated carbocycles. The van der Waals surface area contributed by atoms with Gasteiger partial charge in [0.2, 0.25) is 0 Å². The molecule has 3 aromatic rings. The Labute approximate surface area is 147 Å². The van der Waals surface area contributed by atoms with E-state index in [9.17, 15) is 9.59 Å². The van der Waals surface area contributed by atoms with Crippen LogP contribution in [0.2, 0.25) is 0 Å². The highest BCUT2D eigenvalue weighted by Crippen LogP contribution is 2.23. The van der Waals surface area contributed by atoms with E-state index >= 15 is 0 Å². The molecule has 0 aliphatic carbocycles. The number of H-pyrrole nitrogens is 1. The van der Waals surface area contributed by atoms with E-state index in [0.29, 0.717) is 11.4 Å². The molecule has 3 rings (SSSR count). The third-order valence-corrected chi connectivity index (χ3v) is 4.27. The molecule has 0 bridgehead atoms. The van der Waals surface area contributed by atoms with Crippen molar-refractivity contribution in [2.24, 2.45) is 0 Å². The van der Waals surface area contributed by atoms with Crippen LogP contribution in [0.1, 0.15) is 15.9 Å². The fourth-order valence-corrected chi connectivity index (χ4v) is 2.94. The molecule has 0 aliphatic heterocycles. The van der Waals surface area contributed by atoms with Gasteiger partial charge in [-0.25, -0.2) is 0 Å².